The Morgan fingerprint density at radius 2 is 1.83 bits per heavy atom. The predicted molar refractivity (Wildman–Crippen MR) is 61.6 cm³/mol. The van der Waals surface area contributed by atoms with Crippen molar-refractivity contribution in [2.24, 2.45) is 7.05 Å². The third kappa shape index (κ3) is 2.47. The summed E-state index contributed by atoms with van der Waals surface area (Å²) in [5.74, 6) is -3.10. The van der Waals surface area contributed by atoms with E-state index in [1.165, 1.54) is 0 Å². The van der Waals surface area contributed by atoms with Crippen molar-refractivity contribution < 1.29 is 13.2 Å². The van der Waals surface area contributed by atoms with Gasteiger partial charge in [0.15, 0.2) is 11.6 Å². The molecule has 96 valence electrons. The van der Waals surface area contributed by atoms with E-state index in [0.29, 0.717) is 12.6 Å². The Morgan fingerprint density at radius 3 is 2.44 bits per heavy atom. The van der Waals surface area contributed by atoms with Crippen LogP contribution in [0.3, 0.4) is 0 Å². The highest BCUT2D eigenvalue weighted by Gasteiger charge is 2.10. The molecule has 1 aromatic carbocycles. The number of hydrogen-bond acceptors (Lipinski definition) is 2. The summed E-state index contributed by atoms with van der Waals surface area (Å²) in [5, 5.41) is 6.84. The fraction of sp³-hybridized carbons (Fsp3) is 0.250. The minimum Gasteiger partial charge on any atom is -0.378 e. The molecule has 3 nitrogen and oxygen atoms in total. The van der Waals surface area contributed by atoms with Crippen LogP contribution in [0.15, 0.2) is 18.3 Å². The van der Waals surface area contributed by atoms with Gasteiger partial charge in [0.05, 0.1) is 11.4 Å². The van der Waals surface area contributed by atoms with Crippen molar-refractivity contribution in [3.05, 3.63) is 47.0 Å². The molecule has 0 saturated heterocycles. The number of hydrogen-bond donors (Lipinski definition) is 1. The molecule has 0 aliphatic heterocycles. The van der Waals surface area contributed by atoms with Crippen LogP contribution >= 0.6 is 0 Å². The fourth-order valence-corrected chi connectivity index (χ4v) is 1.67. The third-order valence-corrected chi connectivity index (χ3v) is 2.59. The van der Waals surface area contributed by atoms with Gasteiger partial charge in [0.25, 0.3) is 0 Å². The van der Waals surface area contributed by atoms with Gasteiger partial charge >= 0.3 is 0 Å². The third-order valence-electron chi connectivity index (χ3n) is 2.59. The number of rotatable bonds is 3. The van der Waals surface area contributed by atoms with Crippen molar-refractivity contribution in [1.29, 1.82) is 0 Å². The molecule has 2 rings (SSSR count). The van der Waals surface area contributed by atoms with E-state index in [2.05, 4.69) is 10.4 Å². The lowest BCUT2D eigenvalue weighted by molar-refractivity contribution is 0.496. The van der Waals surface area contributed by atoms with Crippen LogP contribution < -0.4 is 5.32 Å². The Balaban J connectivity index is 2.15. The highest BCUT2D eigenvalue weighted by Crippen LogP contribution is 2.19. The van der Waals surface area contributed by atoms with E-state index in [1.807, 2.05) is 6.92 Å². The molecule has 0 fully saturated rings. The minimum absolute atomic E-state index is 0.0721. The van der Waals surface area contributed by atoms with Crippen LogP contribution in [0.1, 0.15) is 11.3 Å². The average molecular weight is 255 g/mol. The van der Waals surface area contributed by atoms with Crippen molar-refractivity contribution in [1.82, 2.24) is 9.78 Å². The molecule has 0 aliphatic carbocycles. The maximum atomic E-state index is 13.3. The fourth-order valence-electron chi connectivity index (χ4n) is 1.67. The number of benzene rings is 1. The van der Waals surface area contributed by atoms with Gasteiger partial charge < -0.3 is 5.32 Å². The number of aryl methyl sites for hydroxylation is 2. The van der Waals surface area contributed by atoms with Crippen molar-refractivity contribution >= 4 is 5.69 Å². The molecular weight excluding hydrogens is 243 g/mol. The first kappa shape index (κ1) is 12.5. The Morgan fingerprint density at radius 1 is 1.17 bits per heavy atom. The second-order valence-electron chi connectivity index (χ2n) is 4.01. The molecule has 18 heavy (non-hydrogen) atoms. The van der Waals surface area contributed by atoms with Crippen molar-refractivity contribution in [3.63, 3.8) is 0 Å². The highest BCUT2D eigenvalue weighted by molar-refractivity contribution is 5.45. The quantitative estimate of drug-likeness (QED) is 0.855. The molecule has 0 atom stereocenters. The standard InChI is InChI=1S/C12H12F3N3/c1-7-8(6-18(2)17-7)5-16-12-4-10(14)9(13)3-11(12)15/h3-4,6,16H,5H2,1-2H3. The van der Waals surface area contributed by atoms with Crippen LogP contribution in [0.25, 0.3) is 0 Å². The molecule has 0 radical (unpaired) electrons. The average Bonchev–Trinajstić information content (AvgIpc) is 2.61. The lowest BCUT2D eigenvalue weighted by Gasteiger charge is -2.07. The van der Waals surface area contributed by atoms with E-state index in [0.717, 1.165) is 17.3 Å². The summed E-state index contributed by atoms with van der Waals surface area (Å²) >= 11 is 0. The Kier molecular flexibility index (Phi) is 3.27. The second kappa shape index (κ2) is 4.72. The molecule has 0 aliphatic rings. The Labute approximate surface area is 102 Å². The summed E-state index contributed by atoms with van der Waals surface area (Å²) in [5.41, 5.74) is 1.59. The van der Waals surface area contributed by atoms with E-state index in [1.54, 1.807) is 17.9 Å². The van der Waals surface area contributed by atoms with Gasteiger partial charge in [0.2, 0.25) is 0 Å². The van der Waals surface area contributed by atoms with Crippen LogP contribution in [0, 0.1) is 24.4 Å². The van der Waals surface area contributed by atoms with E-state index in [-0.39, 0.29) is 5.69 Å². The first-order valence-electron chi connectivity index (χ1n) is 5.35. The Bertz CT molecular complexity index is 578. The zero-order valence-corrected chi connectivity index (χ0v) is 9.97. The normalized spacial score (nSPS) is 10.7. The van der Waals surface area contributed by atoms with Crippen LogP contribution in [-0.2, 0) is 13.6 Å². The lowest BCUT2D eigenvalue weighted by Crippen LogP contribution is -2.03. The molecule has 0 bridgehead atoms. The SMILES string of the molecule is Cc1nn(C)cc1CNc1cc(F)c(F)cc1F. The van der Waals surface area contributed by atoms with Crippen molar-refractivity contribution in [3.8, 4) is 0 Å². The summed E-state index contributed by atoms with van der Waals surface area (Å²) in [7, 11) is 1.77. The zero-order valence-electron chi connectivity index (χ0n) is 9.97. The van der Waals surface area contributed by atoms with Crippen LogP contribution in [-0.4, -0.2) is 9.78 Å². The van der Waals surface area contributed by atoms with Gasteiger partial charge in [-0.05, 0) is 6.92 Å². The first-order valence-corrected chi connectivity index (χ1v) is 5.35. The largest absolute Gasteiger partial charge is 0.378 e. The smallest absolute Gasteiger partial charge is 0.161 e. The summed E-state index contributed by atoms with van der Waals surface area (Å²) in [6.45, 7) is 2.11. The molecule has 1 heterocycles. The van der Waals surface area contributed by atoms with Gasteiger partial charge in [-0.15, -0.1) is 0 Å². The number of halogens is 3. The van der Waals surface area contributed by atoms with Crippen LogP contribution in [0.5, 0.6) is 0 Å². The summed E-state index contributed by atoms with van der Waals surface area (Å²) in [4.78, 5) is 0. The maximum absolute atomic E-state index is 13.3. The number of aromatic nitrogens is 2. The van der Waals surface area contributed by atoms with Crippen LogP contribution in [0.2, 0.25) is 0 Å². The van der Waals surface area contributed by atoms with E-state index >= 15 is 0 Å². The summed E-state index contributed by atoms with van der Waals surface area (Å²) in [6.07, 6.45) is 1.78. The van der Waals surface area contributed by atoms with Crippen LogP contribution in [0.4, 0.5) is 18.9 Å². The maximum Gasteiger partial charge on any atom is 0.161 e. The summed E-state index contributed by atoms with van der Waals surface area (Å²) in [6, 6.07) is 1.32. The Hall–Kier alpha value is -1.98. The van der Waals surface area contributed by atoms with Gasteiger partial charge in [-0.3, -0.25) is 4.68 Å². The molecular formula is C12H12F3N3. The number of anilines is 1. The monoisotopic (exact) mass is 255 g/mol. The predicted octanol–water partition coefficient (Wildman–Crippen LogP) is 2.76. The van der Waals surface area contributed by atoms with Crippen molar-refractivity contribution in [2.75, 3.05) is 5.32 Å². The molecule has 0 amide bonds. The van der Waals surface area contributed by atoms with Gasteiger partial charge in [-0.25, -0.2) is 13.2 Å². The van der Waals surface area contributed by atoms with Crippen molar-refractivity contribution in [2.45, 2.75) is 13.5 Å². The van der Waals surface area contributed by atoms with Gasteiger partial charge in [-0.2, -0.15) is 5.10 Å². The number of nitrogens with zero attached hydrogens (tertiary/aromatic N) is 2. The summed E-state index contributed by atoms with van der Waals surface area (Å²) < 4.78 is 40.7. The van der Waals surface area contributed by atoms with Gasteiger partial charge in [0.1, 0.15) is 5.82 Å². The van der Waals surface area contributed by atoms with Gasteiger partial charge in [-0.1, -0.05) is 0 Å². The minimum atomic E-state index is -1.20. The van der Waals surface area contributed by atoms with E-state index in [4.69, 9.17) is 0 Å². The topological polar surface area (TPSA) is 29.9 Å². The number of nitrogens with one attached hydrogen (secondary N) is 1. The van der Waals surface area contributed by atoms with E-state index in [9.17, 15) is 13.2 Å². The first-order chi connectivity index (χ1) is 8.47. The molecule has 1 N–H and O–H groups in total. The second-order valence-corrected chi connectivity index (χ2v) is 4.01. The highest BCUT2D eigenvalue weighted by atomic mass is 19.2. The molecule has 6 heteroatoms. The zero-order chi connectivity index (χ0) is 13.3. The van der Waals surface area contributed by atoms with Gasteiger partial charge in [0, 0.05) is 37.5 Å². The molecule has 0 spiro atoms. The molecule has 0 unspecified atom stereocenters. The lowest BCUT2D eigenvalue weighted by atomic mass is 10.2. The van der Waals surface area contributed by atoms with E-state index < -0.39 is 17.5 Å². The molecule has 2 aromatic rings. The molecule has 0 saturated carbocycles. The molecule has 1 aromatic heterocycles.